The first-order valence-electron chi connectivity index (χ1n) is 5.36. The Kier molecular flexibility index (Phi) is 4.73. The van der Waals surface area contributed by atoms with E-state index in [1.165, 1.54) is 25.7 Å². The molecule has 0 aromatic heterocycles. The van der Waals surface area contributed by atoms with Gasteiger partial charge in [-0.2, -0.15) is 0 Å². The molecular formula is C10H20N2O2. The fourth-order valence-electron chi connectivity index (χ4n) is 2.02. The molecule has 0 aromatic rings. The lowest BCUT2D eigenvalue weighted by atomic mass is 9.86. The monoisotopic (exact) mass is 200 g/mol. The molecule has 2 unspecified atom stereocenters. The zero-order valence-corrected chi connectivity index (χ0v) is 8.79. The number of nitrogens with two attached hydrogens (primary N) is 1. The summed E-state index contributed by atoms with van der Waals surface area (Å²) in [5, 5.41) is 3.39. The van der Waals surface area contributed by atoms with Crippen molar-refractivity contribution in [3.63, 3.8) is 0 Å². The van der Waals surface area contributed by atoms with Crippen molar-refractivity contribution in [1.82, 2.24) is 5.32 Å². The van der Waals surface area contributed by atoms with E-state index in [9.17, 15) is 4.79 Å². The summed E-state index contributed by atoms with van der Waals surface area (Å²) in [6, 6.07) is 0.584. The highest BCUT2D eigenvalue weighted by molar-refractivity contribution is 5.64. The lowest BCUT2D eigenvalue weighted by Crippen LogP contribution is -2.39. The van der Waals surface area contributed by atoms with Crippen LogP contribution in [0.4, 0.5) is 4.79 Å². The zero-order valence-electron chi connectivity index (χ0n) is 8.79. The van der Waals surface area contributed by atoms with Gasteiger partial charge >= 0.3 is 6.09 Å². The Morgan fingerprint density at radius 2 is 2.21 bits per heavy atom. The van der Waals surface area contributed by atoms with E-state index in [0.29, 0.717) is 19.2 Å². The molecule has 0 saturated heterocycles. The highest BCUT2D eigenvalue weighted by atomic mass is 16.5. The van der Waals surface area contributed by atoms with Gasteiger partial charge < -0.3 is 15.8 Å². The predicted molar refractivity (Wildman–Crippen MR) is 55.0 cm³/mol. The quantitative estimate of drug-likeness (QED) is 0.671. The number of primary amides is 1. The summed E-state index contributed by atoms with van der Waals surface area (Å²) < 4.78 is 4.64. The van der Waals surface area contributed by atoms with Gasteiger partial charge in [0.25, 0.3) is 0 Å². The lowest BCUT2D eigenvalue weighted by Gasteiger charge is -2.29. The van der Waals surface area contributed by atoms with Crippen molar-refractivity contribution in [2.75, 3.05) is 13.2 Å². The van der Waals surface area contributed by atoms with E-state index in [-0.39, 0.29) is 0 Å². The number of hydrogen-bond donors (Lipinski definition) is 2. The number of ether oxygens (including phenoxy) is 1. The van der Waals surface area contributed by atoms with Crippen molar-refractivity contribution in [2.45, 2.75) is 38.6 Å². The molecular weight excluding hydrogens is 180 g/mol. The predicted octanol–water partition coefficient (Wildman–Crippen LogP) is 1.25. The smallest absolute Gasteiger partial charge is 0.404 e. The van der Waals surface area contributed by atoms with Crippen molar-refractivity contribution in [3.8, 4) is 0 Å². The standard InChI is InChI=1S/C10H20N2O2/c1-8-4-2-3-5-9(8)12-6-7-14-10(11)13/h8-9,12H,2-7H2,1H3,(H2,11,13). The average Bonchev–Trinajstić information content (AvgIpc) is 2.15. The first-order valence-corrected chi connectivity index (χ1v) is 5.36. The molecule has 14 heavy (non-hydrogen) atoms. The number of rotatable bonds is 4. The molecule has 2 atom stereocenters. The fraction of sp³-hybridized carbons (Fsp3) is 0.900. The van der Waals surface area contributed by atoms with E-state index in [1.807, 2.05) is 0 Å². The molecule has 1 fully saturated rings. The molecule has 82 valence electrons. The molecule has 0 bridgehead atoms. The Hall–Kier alpha value is -0.770. The topological polar surface area (TPSA) is 64.3 Å². The van der Waals surface area contributed by atoms with E-state index in [2.05, 4.69) is 17.0 Å². The van der Waals surface area contributed by atoms with E-state index in [1.54, 1.807) is 0 Å². The van der Waals surface area contributed by atoms with Gasteiger partial charge in [0.2, 0.25) is 0 Å². The second kappa shape index (κ2) is 5.86. The van der Waals surface area contributed by atoms with Crippen LogP contribution in [0, 0.1) is 5.92 Å². The van der Waals surface area contributed by atoms with Gasteiger partial charge in [0.05, 0.1) is 0 Å². The van der Waals surface area contributed by atoms with E-state index >= 15 is 0 Å². The summed E-state index contributed by atoms with van der Waals surface area (Å²) in [4.78, 5) is 10.3. The van der Waals surface area contributed by atoms with Crippen LogP contribution in [0.5, 0.6) is 0 Å². The largest absolute Gasteiger partial charge is 0.448 e. The Morgan fingerprint density at radius 1 is 1.50 bits per heavy atom. The molecule has 1 amide bonds. The van der Waals surface area contributed by atoms with Gasteiger partial charge in [-0.25, -0.2) is 4.79 Å². The summed E-state index contributed by atoms with van der Waals surface area (Å²) in [6.45, 7) is 3.35. The third kappa shape index (κ3) is 3.96. The van der Waals surface area contributed by atoms with Crippen LogP contribution in [0.15, 0.2) is 0 Å². The molecule has 3 N–H and O–H groups in total. The first-order chi connectivity index (χ1) is 6.70. The van der Waals surface area contributed by atoms with Gasteiger partial charge in [-0.15, -0.1) is 0 Å². The zero-order chi connectivity index (χ0) is 10.4. The molecule has 4 heteroatoms. The van der Waals surface area contributed by atoms with Crippen LogP contribution in [0.1, 0.15) is 32.6 Å². The van der Waals surface area contributed by atoms with Crippen molar-refractivity contribution in [2.24, 2.45) is 11.7 Å². The van der Waals surface area contributed by atoms with Gasteiger partial charge in [-0.1, -0.05) is 19.8 Å². The lowest BCUT2D eigenvalue weighted by molar-refractivity contribution is 0.153. The third-order valence-electron chi connectivity index (χ3n) is 2.86. The second-order valence-electron chi connectivity index (χ2n) is 3.99. The van der Waals surface area contributed by atoms with Crippen LogP contribution in [0.2, 0.25) is 0 Å². The Bertz CT molecular complexity index is 185. The van der Waals surface area contributed by atoms with Crippen molar-refractivity contribution < 1.29 is 9.53 Å². The van der Waals surface area contributed by atoms with Crippen LogP contribution >= 0.6 is 0 Å². The minimum absolute atomic E-state index is 0.374. The summed E-state index contributed by atoms with van der Waals surface area (Å²) >= 11 is 0. The average molecular weight is 200 g/mol. The van der Waals surface area contributed by atoms with Gasteiger partial charge in [0.1, 0.15) is 6.61 Å². The second-order valence-corrected chi connectivity index (χ2v) is 3.99. The van der Waals surface area contributed by atoms with Crippen LogP contribution in [0.3, 0.4) is 0 Å². The fourth-order valence-corrected chi connectivity index (χ4v) is 2.02. The maximum Gasteiger partial charge on any atom is 0.404 e. The Morgan fingerprint density at radius 3 is 2.86 bits per heavy atom. The molecule has 0 aliphatic heterocycles. The van der Waals surface area contributed by atoms with Crippen LogP contribution in [0.25, 0.3) is 0 Å². The number of carbonyl (C=O) groups is 1. The SMILES string of the molecule is CC1CCCCC1NCCOC(N)=O. The normalized spacial score (nSPS) is 27.2. The number of amides is 1. The summed E-state index contributed by atoms with van der Waals surface area (Å²) in [5.74, 6) is 0.734. The number of hydrogen-bond acceptors (Lipinski definition) is 3. The molecule has 1 rings (SSSR count). The van der Waals surface area contributed by atoms with E-state index in [0.717, 1.165) is 5.92 Å². The molecule has 0 heterocycles. The van der Waals surface area contributed by atoms with Gasteiger partial charge in [-0.05, 0) is 18.8 Å². The number of nitrogens with one attached hydrogen (secondary N) is 1. The van der Waals surface area contributed by atoms with Crippen molar-refractivity contribution >= 4 is 6.09 Å². The maximum absolute atomic E-state index is 10.3. The van der Waals surface area contributed by atoms with Gasteiger partial charge in [-0.3, -0.25) is 0 Å². The Labute approximate surface area is 85.2 Å². The summed E-state index contributed by atoms with van der Waals surface area (Å²) in [6.07, 6.45) is 4.49. The first kappa shape index (κ1) is 11.3. The van der Waals surface area contributed by atoms with Gasteiger partial charge in [0, 0.05) is 12.6 Å². The highest BCUT2D eigenvalue weighted by Gasteiger charge is 2.20. The molecule has 0 aromatic carbocycles. The third-order valence-corrected chi connectivity index (χ3v) is 2.86. The Balaban J connectivity index is 2.07. The summed E-state index contributed by atoms with van der Waals surface area (Å²) in [5.41, 5.74) is 4.85. The van der Waals surface area contributed by atoms with Gasteiger partial charge in [0.15, 0.2) is 0 Å². The van der Waals surface area contributed by atoms with Crippen molar-refractivity contribution in [1.29, 1.82) is 0 Å². The molecule has 4 nitrogen and oxygen atoms in total. The van der Waals surface area contributed by atoms with E-state index in [4.69, 9.17) is 5.73 Å². The van der Waals surface area contributed by atoms with Crippen molar-refractivity contribution in [3.05, 3.63) is 0 Å². The summed E-state index contributed by atoms with van der Waals surface area (Å²) in [7, 11) is 0. The molecule has 1 saturated carbocycles. The minimum Gasteiger partial charge on any atom is -0.448 e. The highest BCUT2D eigenvalue weighted by Crippen LogP contribution is 2.23. The van der Waals surface area contributed by atoms with Crippen LogP contribution in [-0.2, 0) is 4.74 Å². The number of carbonyl (C=O) groups excluding carboxylic acids is 1. The van der Waals surface area contributed by atoms with Crippen LogP contribution in [-0.4, -0.2) is 25.3 Å². The van der Waals surface area contributed by atoms with E-state index < -0.39 is 6.09 Å². The van der Waals surface area contributed by atoms with Crippen LogP contribution < -0.4 is 11.1 Å². The molecule has 0 radical (unpaired) electrons. The minimum atomic E-state index is -0.691. The molecule has 1 aliphatic rings. The molecule has 0 spiro atoms. The molecule has 1 aliphatic carbocycles. The maximum atomic E-state index is 10.3.